The van der Waals surface area contributed by atoms with Crippen LogP contribution in [0.25, 0.3) is 94.1 Å². The minimum Gasteiger partial charge on any atom is -0.456 e. The maximum atomic E-state index is 6.25. The summed E-state index contributed by atoms with van der Waals surface area (Å²) in [5, 5.41) is 6.54. The number of benzene rings is 6. The zero-order valence-corrected chi connectivity index (χ0v) is 25.9. The summed E-state index contributed by atoms with van der Waals surface area (Å²) in [6.07, 6.45) is 8.50. The normalized spacial score (nSPS) is 13.3. The Morgan fingerprint density at radius 1 is 0.438 bits per heavy atom. The van der Waals surface area contributed by atoms with Gasteiger partial charge in [0.2, 0.25) is 0 Å². The number of rotatable bonds is 4. The lowest BCUT2D eigenvalue weighted by atomic mass is 9.93. The fourth-order valence-electron chi connectivity index (χ4n) is 7.14. The molecule has 3 aromatic heterocycles. The number of allylic oxidation sites excluding steroid dienone is 4. The van der Waals surface area contributed by atoms with Crippen LogP contribution in [-0.4, -0.2) is 15.0 Å². The van der Waals surface area contributed by atoms with E-state index in [0.717, 1.165) is 95.3 Å². The van der Waals surface area contributed by atoms with Crippen LogP contribution in [0.2, 0.25) is 0 Å². The molecule has 6 aromatic carbocycles. The van der Waals surface area contributed by atoms with Crippen molar-refractivity contribution in [3.8, 4) is 33.9 Å². The van der Waals surface area contributed by atoms with Gasteiger partial charge >= 0.3 is 0 Å². The van der Waals surface area contributed by atoms with Crippen LogP contribution in [0.3, 0.4) is 0 Å². The van der Waals surface area contributed by atoms with Gasteiger partial charge in [0, 0.05) is 38.2 Å². The van der Waals surface area contributed by atoms with Crippen molar-refractivity contribution in [1.29, 1.82) is 0 Å². The third-order valence-electron chi connectivity index (χ3n) is 9.38. The van der Waals surface area contributed by atoms with Crippen molar-refractivity contribution in [2.45, 2.75) is 12.8 Å². The van der Waals surface area contributed by atoms with Crippen molar-refractivity contribution in [1.82, 2.24) is 15.0 Å². The second kappa shape index (κ2) is 10.6. The topological polar surface area (TPSA) is 65.0 Å². The van der Waals surface area contributed by atoms with E-state index in [-0.39, 0.29) is 0 Å². The molecule has 1 aliphatic rings. The summed E-state index contributed by atoms with van der Waals surface area (Å²) in [5.41, 5.74) is 8.63. The van der Waals surface area contributed by atoms with Crippen molar-refractivity contribution in [3.05, 3.63) is 145 Å². The van der Waals surface area contributed by atoms with Crippen LogP contribution in [0.1, 0.15) is 18.7 Å². The summed E-state index contributed by atoms with van der Waals surface area (Å²) in [7, 11) is 0. The number of nitrogens with zero attached hydrogens (tertiary/aromatic N) is 3. The lowest BCUT2D eigenvalue weighted by molar-refractivity contribution is 0.668. The first-order chi connectivity index (χ1) is 23.8. The van der Waals surface area contributed by atoms with Crippen LogP contribution in [0.4, 0.5) is 0 Å². The van der Waals surface area contributed by atoms with Crippen molar-refractivity contribution in [2.24, 2.45) is 0 Å². The summed E-state index contributed by atoms with van der Waals surface area (Å²) in [5.74, 6) is 1.94. The Labute approximate surface area is 275 Å². The monoisotopic (exact) mass is 617 g/mol. The van der Waals surface area contributed by atoms with Crippen LogP contribution >= 0.6 is 0 Å². The Morgan fingerprint density at radius 2 is 1.06 bits per heavy atom. The van der Waals surface area contributed by atoms with E-state index in [4.69, 9.17) is 23.8 Å². The largest absolute Gasteiger partial charge is 0.456 e. The van der Waals surface area contributed by atoms with E-state index >= 15 is 0 Å². The first-order valence-electron chi connectivity index (χ1n) is 16.3. The van der Waals surface area contributed by atoms with Crippen molar-refractivity contribution in [3.63, 3.8) is 0 Å². The van der Waals surface area contributed by atoms with E-state index in [1.807, 2.05) is 48.5 Å². The summed E-state index contributed by atoms with van der Waals surface area (Å²) >= 11 is 0. The third-order valence-corrected chi connectivity index (χ3v) is 9.38. The molecule has 0 atom stereocenters. The van der Waals surface area contributed by atoms with Gasteiger partial charge in [-0.05, 0) is 71.1 Å². The van der Waals surface area contributed by atoms with Crippen molar-refractivity contribution >= 4 is 60.2 Å². The molecule has 5 heteroatoms. The molecular formula is C43H27N3O2. The Balaban J connectivity index is 1.19. The number of aromatic nitrogens is 3. The maximum Gasteiger partial charge on any atom is 0.164 e. The number of para-hydroxylation sites is 2. The van der Waals surface area contributed by atoms with Crippen LogP contribution in [0, 0.1) is 0 Å². The van der Waals surface area contributed by atoms with E-state index in [2.05, 4.69) is 91.0 Å². The van der Waals surface area contributed by atoms with Gasteiger partial charge in [0.05, 0.1) is 0 Å². The number of furan rings is 2. The highest BCUT2D eigenvalue weighted by Crippen LogP contribution is 2.41. The molecule has 1 aliphatic carbocycles. The van der Waals surface area contributed by atoms with Gasteiger partial charge in [-0.3, -0.25) is 0 Å². The quantitative estimate of drug-likeness (QED) is 0.197. The fraction of sp³-hybridized carbons (Fsp3) is 0.0465. The number of hydrogen-bond acceptors (Lipinski definition) is 5. The molecule has 0 spiro atoms. The average Bonchev–Trinajstić information content (AvgIpc) is 3.73. The Hall–Kier alpha value is -6.33. The molecule has 0 amide bonds. The summed E-state index contributed by atoms with van der Waals surface area (Å²) in [6, 6.07) is 41.7. The predicted molar refractivity (Wildman–Crippen MR) is 195 cm³/mol. The summed E-state index contributed by atoms with van der Waals surface area (Å²) in [6.45, 7) is 0. The van der Waals surface area contributed by atoms with E-state index in [0.29, 0.717) is 17.5 Å². The third kappa shape index (κ3) is 4.21. The van der Waals surface area contributed by atoms with Gasteiger partial charge in [-0.1, -0.05) is 103 Å². The standard InChI is InChI=1S/C43H27N3O2/c1-2-11-26(12-3-1)41-44-42(27-23-24-38-35(25-27)31-13-4-6-20-36(31)47-38)46-43(45-41)33-19-9-15-28-29(16-8-17-30(28)33)32-18-10-22-39-40(32)34-14-5-7-21-37(34)48-39/h2,4-25H,1,3H2. The van der Waals surface area contributed by atoms with Crippen LogP contribution in [0.5, 0.6) is 0 Å². The zero-order chi connectivity index (χ0) is 31.6. The number of fused-ring (bicyclic) bond motifs is 7. The molecule has 48 heavy (non-hydrogen) atoms. The van der Waals surface area contributed by atoms with Crippen LogP contribution < -0.4 is 0 Å². The zero-order valence-electron chi connectivity index (χ0n) is 25.9. The highest BCUT2D eigenvalue weighted by molar-refractivity contribution is 6.16. The van der Waals surface area contributed by atoms with Crippen molar-refractivity contribution in [2.75, 3.05) is 0 Å². The minimum atomic E-state index is 0.629. The molecule has 0 saturated heterocycles. The van der Waals surface area contributed by atoms with Crippen molar-refractivity contribution < 1.29 is 8.83 Å². The average molecular weight is 618 g/mol. The minimum absolute atomic E-state index is 0.629. The second-order valence-electron chi connectivity index (χ2n) is 12.2. The number of hydrogen-bond donors (Lipinski definition) is 0. The smallest absolute Gasteiger partial charge is 0.164 e. The molecule has 0 saturated carbocycles. The van der Waals surface area contributed by atoms with E-state index in [1.54, 1.807) is 0 Å². The molecule has 9 aromatic rings. The first-order valence-corrected chi connectivity index (χ1v) is 16.3. The highest BCUT2D eigenvalue weighted by Gasteiger charge is 2.19. The second-order valence-corrected chi connectivity index (χ2v) is 12.2. The van der Waals surface area contributed by atoms with Gasteiger partial charge < -0.3 is 8.83 Å². The van der Waals surface area contributed by atoms with E-state index in [1.165, 1.54) is 0 Å². The lowest BCUT2D eigenvalue weighted by Crippen LogP contribution is -2.03. The molecule has 0 bridgehead atoms. The molecule has 3 heterocycles. The van der Waals surface area contributed by atoms with E-state index < -0.39 is 0 Å². The fourth-order valence-corrected chi connectivity index (χ4v) is 7.14. The summed E-state index contributed by atoms with van der Waals surface area (Å²) < 4.78 is 12.4. The molecule has 0 unspecified atom stereocenters. The Bertz CT molecular complexity index is 2800. The predicted octanol–water partition coefficient (Wildman–Crippen LogP) is 11.6. The lowest BCUT2D eigenvalue weighted by Gasteiger charge is -2.14. The van der Waals surface area contributed by atoms with Gasteiger partial charge in [-0.2, -0.15) is 0 Å². The summed E-state index contributed by atoms with van der Waals surface area (Å²) in [4.78, 5) is 15.3. The van der Waals surface area contributed by atoms with Crippen LogP contribution in [-0.2, 0) is 0 Å². The molecule has 0 N–H and O–H groups in total. The van der Waals surface area contributed by atoms with Gasteiger partial charge in [-0.25, -0.2) is 15.0 Å². The molecule has 5 nitrogen and oxygen atoms in total. The van der Waals surface area contributed by atoms with Crippen LogP contribution in [0.15, 0.2) is 148 Å². The molecule has 0 radical (unpaired) electrons. The van der Waals surface area contributed by atoms with Gasteiger partial charge in [0.25, 0.3) is 0 Å². The molecule has 0 fully saturated rings. The van der Waals surface area contributed by atoms with Gasteiger partial charge in [0.15, 0.2) is 17.5 Å². The van der Waals surface area contributed by atoms with Gasteiger partial charge in [0.1, 0.15) is 22.3 Å². The maximum absolute atomic E-state index is 6.25. The molecule has 10 rings (SSSR count). The van der Waals surface area contributed by atoms with Gasteiger partial charge in [-0.15, -0.1) is 0 Å². The SMILES string of the molecule is C1=CC(c2nc(-c3ccc4oc5ccccc5c4c3)nc(-c3cccc4c(-c5cccc6oc7ccccc7c56)cccc34)n2)=CCC1. The Morgan fingerprint density at radius 3 is 1.92 bits per heavy atom. The molecular weight excluding hydrogens is 590 g/mol. The molecule has 226 valence electrons. The van der Waals surface area contributed by atoms with E-state index in [9.17, 15) is 0 Å². The molecule has 0 aliphatic heterocycles. The Kier molecular flexibility index (Phi) is 5.93. The highest BCUT2D eigenvalue weighted by atomic mass is 16.3. The first kappa shape index (κ1) is 26.8.